The molecule has 1 atom stereocenters. The molecule has 2 rings (SSSR count). The first-order chi connectivity index (χ1) is 6.25. The van der Waals surface area contributed by atoms with Crippen LogP contribution in [-0.4, -0.2) is 16.2 Å². The number of nitrogens with zero attached hydrogens (tertiary/aromatic N) is 1. The fourth-order valence-electron chi connectivity index (χ4n) is 1.83. The van der Waals surface area contributed by atoms with E-state index in [0.29, 0.717) is 0 Å². The van der Waals surface area contributed by atoms with Crippen molar-refractivity contribution in [3.8, 4) is 0 Å². The number of aryl methyl sites for hydroxylation is 1. The summed E-state index contributed by atoms with van der Waals surface area (Å²) in [7, 11) is 0. The van der Waals surface area contributed by atoms with E-state index in [2.05, 4.69) is 5.16 Å². The second-order valence-electron chi connectivity index (χ2n) is 3.48. The van der Waals surface area contributed by atoms with Crippen LogP contribution in [0.3, 0.4) is 0 Å². The van der Waals surface area contributed by atoms with E-state index in [1.165, 1.54) is 0 Å². The molecule has 1 aliphatic rings. The molecule has 1 aliphatic carbocycles. The summed E-state index contributed by atoms with van der Waals surface area (Å²) in [6.45, 7) is 0. The molecular formula is C9H11NO3. The van der Waals surface area contributed by atoms with Gasteiger partial charge < -0.3 is 9.63 Å². The van der Waals surface area contributed by atoms with Crippen molar-refractivity contribution < 1.29 is 14.4 Å². The van der Waals surface area contributed by atoms with Crippen LogP contribution in [0.25, 0.3) is 0 Å². The molecule has 0 spiro atoms. The van der Waals surface area contributed by atoms with Crippen LogP contribution in [0.15, 0.2) is 10.7 Å². The lowest BCUT2D eigenvalue weighted by Gasteiger charge is -2.18. The maximum atomic E-state index is 10.5. The number of carboxylic acid groups (broad SMARTS) is 1. The van der Waals surface area contributed by atoms with E-state index in [4.69, 9.17) is 9.63 Å². The first-order valence-corrected chi connectivity index (χ1v) is 4.40. The van der Waals surface area contributed by atoms with E-state index >= 15 is 0 Å². The maximum Gasteiger partial charge on any atom is 0.303 e. The Balaban J connectivity index is 2.04. The smallest absolute Gasteiger partial charge is 0.303 e. The topological polar surface area (TPSA) is 63.3 Å². The van der Waals surface area contributed by atoms with Crippen LogP contribution < -0.4 is 0 Å². The molecule has 4 nitrogen and oxygen atoms in total. The van der Waals surface area contributed by atoms with Crippen LogP contribution in [0, 0.1) is 5.92 Å². The predicted molar refractivity (Wildman–Crippen MR) is 44.3 cm³/mol. The van der Waals surface area contributed by atoms with Gasteiger partial charge in [-0.1, -0.05) is 5.16 Å². The Morgan fingerprint density at radius 1 is 1.77 bits per heavy atom. The number of fused-ring (bicyclic) bond motifs is 1. The number of aliphatic carboxylic acids is 1. The lowest BCUT2D eigenvalue weighted by Crippen LogP contribution is -2.16. The van der Waals surface area contributed by atoms with Crippen LogP contribution in [-0.2, 0) is 17.6 Å². The van der Waals surface area contributed by atoms with Gasteiger partial charge in [0.15, 0.2) is 0 Å². The minimum absolute atomic E-state index is 0.254. The van der Waals surface area contributed by atoms with Crippen molar-refractivity contribution in [3.05, 3.63) is 17.5 Å². The zero-order chi connectivity index (χ0) is 9.26. The molecule has 1 aromatic rings. The van der Waals surface area contributed by atoms with Gasteiger partial charge in [0, 0.05) is 18.4 Å². The fraction of sp³-hybridized carbons (Fsp3) is 0.556. The van der Waals surface area contributed by atoms with Gasteiger partial charge in [0.1, 0.15) is 5.76 Å². The Hall–Kier alpha value is -1.32. The highest BCUT2D eigenvalue weighted by Gasteiger charge is 2.23. The Kier molecular flexibility index (Phi) is 2.04. The molecule has 0 amide bonds. The summed E-state index contributed by atoms with van der Waals surface area (Å²) in [4.78, 5) is 10.5. The van der Waals surface area contributed by atoms with Crippen molar-refractivity contribution in [2.24, 2.45) is 5.92 Å². The molecule has 0 saturated heterocycles. The number of rotatable bonds is 2. The molecule has 0 fully saturated rings. The molecule has 70 valence electrons. The first kappa shape index (κ1) is 8.29. The molecule has 0 aromatic carbocycles. The average molecular weight is 181 g/mol. The summed E-state index contributed by atoms with van der Waals surface area (Å²) in [6.07, 6.45) is 4.47. The van der Waals surface area contributed by atoms with Crippen molar-refractivity contribution in [1.82, 2.24) is 5.16 Å². The summed E-state index contributed by atoms with van der Waals surface area (Å²) in [5.74, 6) is 0.468. The SMILES string of the molecule is O=C(O)CC1CCc2oncc2C1. The van der Waals surface area contributed by atoms with Gasteiger partial charge in [0.2, 0.25) is 0 Å². The average Bonchev–Trinajstić information content (AvgIpc) is 2.49. The second-order valence-corrected chi connectivity index (χ2v) is 3.48. The van der Waals surface area contributed by atoms with Crippen molar-refractivity contribution in [2.45, 2.75) is 25.7 Å². The van der Waals surface area contributed by atoms with Crippen LogP contribution in [0.2, 0.25) is 0 Å². The molecule has 1 aromatic heterocycles. The van der Waals surface area contributed by atoms with Crippen molar-refractivity contribution in [2.75, 3.05) is 0 Å². The molecule has 0 saturated carbocycles. The summed E-state index contributed by atoms with van der Waals surface area (Å²) in [5, 5.41) is 12.3. The molecular weight excluding hydrogens is 170 g/mol. The normalized spacial score (nSPS) is 21.1. The number of aromatic nitrogens is 1. The Morgan fingerprint density at radius 2 is 2.62 bits per heavy atom. The molecule has 0 radical (unpaired) electrons. The third kappa shape index (κ3) is 1.71. The van der Waals surface area contributed by atoms with Crippen LogP contribution >= 0.6 is 0 Å². The van der Waals surface area contributed by atoms with Crippen molar-refractivity contribution in [1.29, 1.82) is 0 Å². The van der Waals surface area contributed by atoms with Gasteiger partial charge in [-0.3, -0.25) is 4.79 Å². The number of carboxylic acids is 1. The van der Waals surface area contributed by atoms with E-state index in [0.717, 1.165) is 30.6 Å². The standard InChI is InChI=1S/C9H11NO3/c11-9(12)4-6-1-2-8-7(3-6)5-10-13-8/h5-6H,1-4H2,(H,11,12). The lowest BCUT2D eigenvalue weighted by molar-refractivity contribution is -0.138. The van der Waals surface area contributed by atoms with E-state index in [9.17, 15) is 4.79 Å². The summed E-state index contributed by atoms with van der Waals surface area (Å²) >= 11 is 0. The van der Waals surface area contributed by atoms with Gasteiger partial charge in [0.05, 0.1) is 6.20 Å². The quantitative estimate of drug-likeness (QED) is 0.745. The largest absolute Gasteiger partial charge is 0.481 e. The van der Waals surface area contributed by atoms with Crippen LogP contribution in [0.4, 0.5) is 0 Å². The summed E-state index contributed by atoms with van der Waals surface area (Å²) < 4.78 is 5.01. The van der Waals surface area contributed by atoms with Gasteiger partial charge in [-0.15, -0.1) is 0 Å². The Bertz CT molecular complexity index is 318. The minimum Gasteiger partial charge on any atom is -0.481 e. The van der Waals surface area contributed by atoms with Gasteiger partial charge in [-0.2, -0.15) is 0 Å². The third-order valence-corrected chi connectivity index (χ3v) is 2.48. The van der Waals surface area contributed by atoms with Gasteiger partial charge in [-0.25, -0.2) is 0 Å². The highest BCUT2D eigenvalue weighted by atomic mass is 16.5. The summed E-state index contributed by atoms with van der Waals surface area (Å²) in [6, 6.07) is 0. The van der Waals surface area contributed by atoms with Crippen LogP contribution in [0.5, 0.6) is 0 Å². The third-order valence-electron chi connectivity index (χ3n) is 2.48. The maximum absolute atomic E-state index is 10.5. The number of hydrogen-bond donors (Lipinski definition) is 1. The molecule has 1 N–H and O–H groups in total. The molecule has 1 heterocycles. The lowest BCUT2D eigenvalue weighted by atomic mass is 9.86. The zero-order valence-corrected chi connectivity index (χ0v) is 7.19. The van der Waals surface area contributed by atoms with Crippen molar-refractivity contribution in [3.63, 3.8) is 0 Å². The summed E-state index contributed by atoms with van der Waals surface area (Å²) in [5.41, 5.74) is 1.08. The van der Waals surface area contributed by atoms with Gasteiger partial charge in [-0.05, 0) is 18.8 Å². The highest BCUT2D eigenvalue weighted by Crippen LogP contribution is 2.26. The van der Waals surface area contributed by atoms with E-state index < -0.39 is 5.97 Å². The molecule has 0 bridgehead atoms. The fourth-order valence-corrected chi connectivity index (χ4v) is 1.83. The zero-order valence-electron chi connectivity index (χ0n) is 7.19. The molecule has 4 heteroatoms. The first-order valence-electron chi connectivity index (χ1n) is 4.40. The minimum atomic E-state index is -0.718. The predicted octanol–water partition coefficient (Wildman–Crippen LogP) is 1.25. The Morgan fingerprint density at radius 3 is 3.38 bits per heavy atom. The van der Waals surface area contributed by atoms with Crippen LogP contribution in [0.1, 0.15) is 24.2 Å². The number of carbonyl (C=O) groups is 1. The van der Waals surface area contributed by atoms with E-state index in [1.54, 1.807) is 6.20 Å². The Labute approximate surface area is 75.5 Å². The molecule has 1 unspecified atom stereocenters. The van der Waals surface area contributed by atoms with E-state index in [1.807, 2.05) is 0 Å². The molecule has 0 aliphatic heterocycles. The highest BCUT2D eigenvalue weighted by molar-refractivity contribution is 5.67. The van der Waals surface area contributed by atoms with Gasteiger partial charge in [0.25, 0.3) is 0 Å². The van der Waals surface area contributed by atoms with Gasteiger partial charge >= 0.3 is 5.97 Å². The number of hydrogen-bond acceptors (Lipinski definition) is 3. The molecule has 13 heavy (non-hydrogen) atoms. The van der Waals surface area contributed by atoms with Crippen molar-refractivity contribution >= 4 is 5.97 Å². The second kappa shape index (κ2) is 3.20. The monoisotopic (exact) mass is 181 g/mol. The van der Waals surface area contributed by atoms with E-state index in [-0.39, 0.29) is 12.3 Å².